The second kappa shape index (κ2) is 2.98. The van der Waals surface area contributed by atoms with Crippen LogP contribution in [0.4, 0.5) is 0 Å². The molecule has 0 radical (unpaired) electrons. The molecule has 0 bridgehead atoms. The molecule has 1 amide bonds. The molecule has 2 fully saturated rings. The predicted molar refractivity (Wildman–Crippen MR) is 51.4 cm³/mol. The summed E-state index contributed by atoms with van der Waals surface area (Å²) in [6, 6.07) is 0.619. The van der Waals surface area contributed by atoms with Crippen LogP contribution in [-0.2, 0) is 4.79 Å². The van der Waals surface area contributed by atoms with Gasteiger partial charge in [0.05, 0.1) is 5.54 Å². The molecule has 74 valence electrons. The minimum Gasteiger partial charge on any atom is -0.338 e. The lowest BCUT2D eigenvalue weighted by molar-refractivity contribution is -0.132. The van der Waals surface area contributed by atoms with Crippen LogP contribution in [0.3, 0.4) is 0 Å². The Labute approximate surface area is 79.7 Å². The fourth-order valence-electron chi connectivity index (χ4n) is 2.49. The third-order valence-corrected chi connectivity index (χ3v) is 3.65. The van der Waals surface area contributed by atoms with Gasteiger partial charge in [-0.25, -0.2) is 0 Å². The number of carbonyl (C=O) groups excluding carboxylic acids is 1. The molecule has 1 atom stereocenters. The van der Waals surface area contributed by atoms with Crippen LogP contribution in [0.2, 0.25) is 0 Å². The van der Waals surface area contributed by atoms with E-state index in [1.165, 1.54) is 12.8 Å². The van der Waals surface area contributed by atoms with E-state index in [2.05, 4.69) is 18.7 Å². The third kappa shape index (κ3) is 1.26. The maximum Gasteiger partial charge on any atom is 0.210 e. The van der Waals surface area contributed by atoms with E-state index in [1.54, 1.807) is 0 Å². The molecule has 0 aromatic heterocycles. The molecule has 2 rings (SSSR count). The lowest BCUT2D eigenvalue weighted by Crippen LogP contribution is -2.60. The highest BCUT2D eigenvalue weighted by Crippen LogP contribution is 2.38. The molecule has 0 N–H and O–H groups in total. The van der Waals surface area contributed by atoms with E-state index >= 15 is 0 Å². The van der Waals surface area contributed by atoms with Crippen molar-refractivity contribution in [1.82, 2.24) is 9.80 Å². The first-order valence-corrected chi connectivity index (χ1v) is 5.14. The lowest BCUT2D eigenvalue weighted by Gasteiger charge is -2.48. The van der Waals surface area contributed by atoms with Crippen LogP contribution < -0.4 is 0 Å². The van der Waals surface area contributed by atoms with Crippen molar-refractivity contribution in [1.29, 1.82) is 0 Å². The molecule has 1 unspecified atom stereocenters. The summed E-state index contributed by atoms with van der Waals surface area (Å²) in [5, 5.41) is 0. The van der Waals surface area contributed by atoms with E-state index in [0.29, 0.717) is 6.04 Å². The summed E-state index contributed by atoms with van der Waals surface area (Å²) < 4.78 is 0. The Kier molecular flexibility index (Phi) is 2.06. The minimum atomic E-state index is 0.228. The zero-order valence-corrected chi connectivity index (χ0v) is 8.49. The normalized spacial score (nSPS) is 34.2. The quantitative estimate of drug-likeness (QED) is 0.587. The Morgan fingerprint density at radius 1 is 1.31 bits per heavy atom. The van der Waals surface area contributed by atoms with Crippen LogP contribution in [0.25, 0.3) is 0 Å². The highest BCUT2D eigenvalue weighted by atomic mass is 16.1. The fourth-order valence-corrected chi connectivity index (χ4v) is 2.49. The van der Waals surface area contributed by atoms with Gasteiger partial charge in [-0.15, -0.1) is 0 Å². The second-order valence-electron chi connectivity index (χ2n) is 4.59. The van der Waals surface area contributed by atoms with Gasteiger partial charge in [-0.05, 0) is 26.7 Å². The van der Waals surface area contributed by atoms with Gasteiger partial charge in [-0.2, -0.15) is 0 Å². The van der Waals surface area contributed by atoms with Crippen molar-refractivity contribution in [3.63, 3.8) is 0 Å². The third-order valence-electron chi connectivity index (χ3n) is 3.65. The summed E-state index contributed by atoms with van der Waals surface area (Å²) in [5.41, 5.74) is 0.228. The van der Waals surface area contributed by atoms with E-state index < -0.39 is 0 Å². The van der Waals surface area contributed by atoms with Gasteiger partial charge < -0.3 is 4.90 Å². The smallest absolute Gasteiger partial charge is 0.210 e. The average molecular weight is 182 g/mol. The van der Waals surface area contributed by atoms with Crippen LogP contribution in [-0.4, -0.2) is 47.4 Å². The zero-order valence-electron chi connectivity index (χ0n) is 8.49. The molecule has 2 aliphatic heterocycles. The van der Waals surface area contributed by atoms with E-state index in [-0.39, 0.29) is 5.54 Å². The first kappa shape index (κ1) is 9.00. The summed E-state index contributed by atoms with van der Waals surface area (Å²) >= 11 is 0. The summed E-state index contributed by atoms with van der Waals surface area (Å²) in [5.74, 6) is 0. The van der Waals surface area contributed by atoms with E-state index in [4.69, 9.17) is 0 Å². The molecule has 0 saturated carbocycles. The number of nitrogens with zero attached hydrogens (tertiary/aromatic N) is 2. The highest BCUT2D eigenvalue weighted by molar-refractivity contribution is 5.51. The Hall–Kier alpha value is -0.570. The van der Waals surface area contributed by atoms with Crippen LogP contribution in [0.1, 0.15) is 26.7 Å². The lowest BCUT2D eigenvalue weighted by atomic mass is 9.84. The molecular formula is C10H18N2O. The van der Waals surface area contributed by atoms with Crippen molar-refractivity contribution in [2.24, 2.45) is 0 Å². The van der Waals surface area contributed by atoms with Crippen LogP contribution >= 0.6 is 0 Å². The Morgan fingerprint density at radius 2 is 2.00 bits per heavy atom. The number of amides is 1. The van der Waals surface area contributed by atoms with Crippen molar-refractivity contribution in [2.45, 2.75) is 38.3 Å². The maximum absolute atomic E-state index is 10.7. The first-order valence-electron chi connectivity index (χ1n) is 5.14. The minimum absolute atomic E-state index is 0.228. The second-order valence-corrected chi connectivity index (χ2v) is 4.59. The largest absolute Gasteiger partial charge is 0.338 e. The number of hydrogen-bond donors (Lipinski definition) is 0. The summed E-state index contributed by atoms with van der Waals surface area (Å²) in [4.78, 5) is 15.2. The van der Waals surface area contributed by atoms with Crippen LogP contribution in [0.5, 0.6) is 0 Å². The van der Waals surface area contributed by atoms with E-state index in [1.807, 2.05) is 4.90 Å². The molecule has 3 nitrogen and oxygen atoms in total. The monoisotopic (exact) mass is 182 g/mol. The fraction of sp³-hybridized carbons (Fsp3) is 0.900. The Morgan fingerprint density at radius 3 is 2.38 bits per heavy atom. The molecule has 2 aliphatic rings. The molecule has 0 aromatic rings. The van der Waals surface area contributed by atoms with Crippen molar-refractivity contribution in [3.05, 3.63) is 0 Å². The number of rotatable bonds is 2. The Bertz CT molecular complexity index is 217. The highest BCUT2D eigenvalue weighted by Gasteiger charge is 2.48. The first-order chi connectivity index (χ1) is 6.18. The summed E-state index contributed by atoms with van der Waals surface area (Å²) in [6.45, 7) is 7.66. The summed E-state index contributed by atoms with van der Waals surface area (Å²) in [6.07, 6.45) is 3.40. The van der Waals surface area contributed by atoms with Crippen molar-refractivity contribution in [3.8, 4) is 0 Å². The van der Waals surface area contributed by atoms with Crippen molar-refractivity contribution >= 4 is 6.41 Å². The SMILES string of the molecule is CC(C)N1CCC2(CCN2C=O)C1. The molecule has 1 spiro atoms. The maximum atomic E-state index is 10.7. The van der Waals surface area contributed by atoms with Gasteiger partial charge in [0, 0.05) is 25.7 Å². The van der Waals surface area contributed by atoms with Gasteiger partial charge >= 0.3 is 0 Å². The topological polar surface area (TPSA) is 23.6 Å². The molecule has 0 aromatic carbocycles. The van der Waals surface area contributed by atoms with Gasteiger partial charge in [0.2, 0.25) is 6.41 Å². The molecular weight excluding hydrogens is 164 g/mol. The molecule has 0 aliphatic carbocycles. The molecule has 3 heteroatoms. The Balaban J connectivity index is 2.00. The molecule has 2 heterocycles. The van der Waals surface area contributed by atoms with Crippen LogP contribution in [0, 0.1) is 0 Å². The van der Waals surface area contributed by atoms with Crippen molar-refractivity contribution in [2.75, 3.05) is 19.6 Å². The van der Waals surface area contributed by atoms with Gasteiger partial charge in [-0.1, -0.05) is 0 Å². The van der Waals surface area contributed by atoms with Crippen molar-refractivity contribution < 1.29 is 4.79 Å². The number of hydrogen-bond acceptors (Lipinski definition) is 2. The number of likely N-dealkylation sites (tertiary alicyclic amines) is 2. The van der Waals surface area contributed by atoms with E-state index in [9.17, 15) is 4.79 Å². The predicted octanol–water partition coefficient (Wildman–Crippen LogP) is 0.701. The molecule has 2 saturated heterocycles. The van der Waals surface area contributed by atoms with Gasteiger partial charge in [0.15, 0.2) is 0 Å². The van der Waals surface area contributed by atoms with Crippen LogP contribution in [0.15, 0.2) is 0 Å². The standard InChI is InChI=1S/C10H18N2O/c1-9(2)11-5-3-10(7-11)4-6-12(10)8-13/h8-9H,3-7H2,1-2H3. The van der Waals surface area contributed by atoms with Gasteiger partial charge in [-0.3, -0.25) is 9.69 Å². The van der Waals surface area contributed by atoms with Gasteiger partial charge in [0.25, 0.3) is 0 Å². The summed E-state index contributed by atoms with van der Waals surface area (Å²) in [7, 11) is 0. The average Bonchev–Trinajstić information content (AvgIpc) is 2.49. The number of carbonyl (C=O) groups is 1. The van der Waals surface area contributed by atoms with E-state index in [0.717, 1.165) is 26.0 Å². The van der Waals surface area contributed by atoms with Gasteiger partial charge in [0.1, 0.15) is 0 Å². The zero-order chi connectivity index (χ0) is 9.47. The molecule has 13 heavy (non-hydrogen) atoms.